The van der Waals surface area contributed by atoms with Crippen molar-refractivity contribution in [2.75, 3.05) is 6.54 Å². The first kappa shape index (κ1) is 17.1. The van der Waals surface area contributed by atoms with Crippen molar-refractivity contribution in [2.45, 2.75) is 71.6 Å². The highest BCUT2D eigenvalue weighted by Gasteiger charge is 2.18. The molecular formula is C14H27NO3. The molecule has 4 heteroatoms. The lowest BCUT2D eigenvalue weighted by atomic mass is 9.94. The summed E-state index contributed by atoms with van der Waals surface area (Å²) in [4.78, 5) is 22.0. The van der Waals surface area contributed by atoms with Crippen molar-refractivity contribution in [1.29, 1.82) is 0 Å². The molecule has 0 amide bonds. The second-order valence-corrected chi connectivity index (χ2v) is 5.08. The highest BCUT2D eigenvalue weighted by molar-refractivity contribution is 5.78. The van der Waals surface area contributed by atoms with Gasteiger partial charge in [0.25, 0.3) is 0 Å². The Hall–Kier alpha value is -0.930. The fourth-order valence-electron chi connectivity index (χ4n) is 2.15. The second kappa shape index (κ2) is 11.2. The summed E-state index contributed by atoms with van der Waals surface area (Å²) in [5.41, 5.74) is 0. The minimum absolute atomic E-state index is 0.0523. The van der Waals surface area contributed by atoms with Gasteiger partial charge in [0.05, 0.1) is 0 Å². The van der Waals surface area contributed by atoms with Crippen LogP contribution in [0.5, 0.6) is 0 Å². The molecule has 0 saturated heterocycles. The number of Topliss-reactive ketones (excluding diaryl/α,β-unsaturated/α-hetero) is 1. The number of carbonyl (C=O) groups excluding carboxylic acids is 1. The predicted octanol–water partition coefficient (Wildman–Crippen LogP) is 4.00. The number of nitro groups is 1. The molecule has 0 fully saturated rings. The predicted molar refractivity (Wildman–Crippen MR) is 73.3 cm³/mol. The van der Waals surface area contributed by atoms with Crippen molar-refractivity contribution < 1.29 is 9.72 Å². The van der Waals surface area contributed by atoms with Gasteiger partial charge in [0, 0.05) is 23.7 Å². The number of nitrogens with zero attached hydrogens (tertiary/aromatic N) is 1. The molecule has 0 aromatic heterocycles. The normalized spacial score (nSPS) is 12.3. The van der Waals surface area contributed by atoms with Gasteiger partial charge < -0.3 is 0 Å². The third kappa shape index (κ3) is 10.2. The molecule has 0 aromatic rings. The van der Waals surface area contributed by atoms with Gasteiger partial charge in [-0.1, -0.05) is 46.0 Å². The minimum atomic E-state index is -0.282. The summed E-state index contributed by atoms with van der Waals surface area (Å²) in [7, 11) is 0. The number of hydrogen-bond donors (Lipinski definition) is 0. The molecule has 0 aliphatic rings. The molecule has 4 nitrogen and oxygen atoms in total. The molecule has 0 rings (SSSR count). The van der Waals surface area contributed by atoms with E-state index in [2.05, 4.69) is 13.8 Å². The Labute approximate surface area is 110 Å². The zero-order chi connectivity index (χ0) is 13.8. The molecule has 0 spiro atoms. The number of carbonyl (C=O) groups is 1. The smallest absolute Gasteiger partial charge is 0.207 e. The molecular weight excluding hydrogens is 230 g/mol. The first-order valence-corrected chi connectivity index (χ1v) is 7.23. The SMILES string of the molecule is CCCCCC(=O)CC(CCCCC)C[N+](=O)[O-]. The molecule has 106 valence electrons. The van der Waals surface area contributed by atoms with Crippen LogP contribution in [0.1, 0.15) is 71.6 Å². The number of hydrogen-bond acceptors (Lipinski definition) is 3. The molecule has 0 aromatic carbocycles. The van der Waals surface area contributed by atoms with Gasteiger partial charge in [-0.2, -0.15) is 0 Å². The summed E-state index contributed by atoms with van der Waals surface area (Å²) in [5, 5.41) is 10.6. The molecule has 1 atom stereocenters. The molecule has 18 heavy (non-hydrogen) atoms. The van der Waals surface area contributed by atoms with Crippen molar-refractivity contribution in [3.63, 3.8) is 0 Å². The van der Waals surface area contributed by atoms with Crippen LogP contribution in [0, 0.1) is 16.0 Å². The first-order chi connectivity index (χ1) is 8.60. The Morgan fingerprint density at radius 1 is 1.11 bits per heavy atom. The molecule has 1 unspecified atom stereocenters. The van der Waals surface area contributed by atoms with Crippen LogP contribution in [-0.4, -0.2) is 17.3 Å². The van der Waals surface area contributed by atoms with Gasteiger partial charge in [0.15, 0.2) is 0 Å². The van der Waals surface area contributed by atoms with Gasteiger partial charge in [-0.25, -0.2) is 0 Å². The quantitative estimate of drug-likeness (QED) is 0.301. The van der Waals surface area contributed by atoms with E-state index in [9.17, 15) is 14.9 Å². The summed E-state index contributed by atoms with van der Waals surface area (Å²) in [6.07, 6.45) is 8.10. The topological polar surface area (TPSA) is 60.2 Å². The summed E-state index contributed by atoms with van der Waals surface area (Å²) in [6, 6.07) is 0. The van der Waals surface area contributed by atoms with Crippen LogP contribution < -0.4 is 0 Å². The third-order valence-corrected chi connectivity index (χ3v) is 3.20. The molecule has 0 heterocycles. The van der Waals surface area contributed by atoms with Crippen LogP contribution >= 0.6 is 0 Å². The number of rotatable bonds is 12. The lowest BCUT2D eigenvalue weighted by molar-refractivity contribution is -0.488. The van der Waals surface area contributed by atoms with E-state index in [1.807, 2.05) is 0 Å². The van der Waals surface area contributed by atoms with Gasteiger partial charge in [-0.05, 0) is 12.8 Å². The van der Waals surface area contributed by atoms with Crippen LogP contribution in [0.15, 0.2) is 0 Å². The summed E-state index contributed by atoms with van der Waals surface area (Å²) >= 11 is 0. The Balaban J connectivity index is 3.96. The Morgan fingerprint density at radius 3 is 2.28 bits per heavy atom. The highest BCUT2D eigenvalue weighted by Crippen LogP contribution is 2.16. The van der Waals surface area contributed by atoms with E-state index in [1.54, 1.807) is 0 Å². The Bertz CT molecular complexity index is 241. The molecule has 0 radical (unpaired) electrons. The fourth-order valence-corrected chi connectivity index (χ4v) is 2.15. The maximum atomic E-state index is 11.7. The van der Waals surface area contributed by atoms with Crippen LogP contribution in [0.2, 0.25) is 0 Å². The molecule has 0 saturated carbocycles. The zero-order valence-electron chi connectivity index (χ0n) is 11.8. The maximum Gasteiger partial charge on any atom is 0.207 e. The van der Waals surface area contributed by atoms with E-state index < -0.39 is 0 Å². The van der Waals surface area contributed by atoms with Gasteiger partial charge in [-0.3, -0.25) is 14.9 Å². The highest BCUT2D eigenvalue weighted by atomic mass is 16.6. The lowest BCUT2D eigenvalue weighted by Crippen LogP contribution is -2.18. The molecule has 0 N–H and O–H groups in total. The van der Waals surface area contributed by atoms with E-state index >= 15 is 0 Å². The summed E-state index contributed by atoms with van der Waals surface area (Å²) in [5.74, 6) is 0.146. The van der Waals surface area contributed by atoms with Crippen LogP contribution in [-0.2, 0) is 4.79 Å². The first-order valence-electron chi connectivity index (χ1n) is 7.23. The van der Waals surface area contributed by atoms with E-state index in [0.717, 1.165) is 44.9 Å². The van der Waals surface area contributed by atoms with Crippen molar-refractivity contribution in [1.82, 2.24) is 0 Å². The average molecular weight is 257 g/mol. The van der Waals surface area contributed by atoms with Crippen LogP contribution in [0.4, 0.5) is 0 Å². The lowest BCUT2D eigenvalue weighted by Gasteiger charge is -2.11. The van der Waals surface area contributed by atoms with E-state index in [0.29, 0.717) is 12.8 Å². The fraction of sp³-hybridized carbons (Fsp3) is 0.929. The van der Waals surface area contributed by atoms with E-state index in [4.69, 9.17) is 0 Å². The average Bonchev–Trinajstić information content (AvgIpc) is 2.28. The molecule has 0 bridgehead atoms. The van der Waals surface area contributed by atoms with Crippen molar-refractivity contribution >= 4 is 5.78 Å². The van der Waals surface area contributed by atoms with Gasteiger partial charge in [0.1, 0.15) is 5.78 Å². The van der Waals surface area contributed by atoms with Crippen LogP contribution in [0.25, 0.3) is 0 Å². The zero-order valence-corrected chi connectivity index (χ0v) is 11.8. The van der Waals surface area contributed by atoms with E-state index in [1.165, 1.54) is 0 Å². The standard InChI is InChI=1S/C14H27NO3/c1-3-5-7-9-13(12-15(17)18)11-14(16)10-8-6-4-2/h13H,3-12H2,1-2H3. The molecule has 0 aliphatic heterocycles. The van der Waals surface area contributed by atoms with Crippen molar-refractivity contribution in [3.8, 4) is 0 Å². The third-order valence-electron chi connectivity index (χ3n) is 3.20. The van der Waals surface area contributed by atoms with Gasteiger partial charge in [0.2, 0.25) is 6.54 Å². The van der Waals surface area contributed by atoms with E-state index in [-0.39, 0.29) is 23.2 Å². The largest absolute Gasteiger partial charge is 0.300 e. The summed E-state index contributed by atoms with van der Waals surface area (Å²) < 4.78 is 0. The Kier molecular flexibility index (Phi) is 10.6. The second-order valence-electron chi connectivity index (χ2n) is 5.08. The Morgan fingerprint density at radius 2 is 1.72 bits per heavy atom. The number of ketones is 1. The monoisotopic (exact) mass is 257 g/mol. The maximum absolute atomic E-state index is 11.7. The van der Waals surface area contributed by atoms with Gasteiger partial charge >= 0.3 is 0 Å². The van der Waals surface area contributed by atoms with Crippen molar-refractivity contribution in [3.05, 3.63) is 10.1 Å². The van der Waals surface area contributed by atoms with Gasteiger partial charge in [-0.15, -0.1) is 0 Å². The number of unbranched alkanes of at least 4 members (excludes halogenated alkanes) is 4. The molecule has 0 aliphatic carbocycles. The van der Waals surface area contributed by atoms with Crippen molar-refractivity contribution in [2.24, 2.45) is 5.92 Å². The minimum Gasteiger partial charge on any atom is -0.300 e. The summed E-state index contributed by atoms with van der Waals surface area (Å²) in [6.45, 7) is 4.16. The van der Waals surface area contributed by atoms with Crippen LogP contribution in [0.3, 0.4) is 0 Å².